The van der Waals surface area contributed by atoms with Gasteiger partial charge in [0.15, 0.2) is 0 Å². The molecule has 1 aliphatic rings. The number of aliphatic hydroxyl groups is 1. The number of aliphatic hydroxyl groups excluding tert-OH is 1. The molecule has 1 saturated heterocycles. The summed E-state index contributed by atoms with van der Waals surface area (Å²) in [5.41, 5.74) is 1.51. The number of hydrogen-bond donors (Lipinski definition) is 1. The van der Waals surface area contributed by atoms with Gasteiger partial charge >= 0.3 is 0 Å². The molecular formula is C14H18FN3O. The van der Waals surface area contributed by atoms with E-state index >= 15 is 0 Å². The molecule has 0 radical (unpaired) electrons. The van der Waals surface area contributed by atoms with Crippen LogP contribution in [0.2, 0.25) is 0 Å². The summed E-state index contributed by atoms with van der Waals surface area (Å²) in [5, 5.41) is 9.39. The van der Waals surface area contributed by atoms with E-state index in [9.17, 15) is 9.50 Å². The van der Waals surface area contributed by atoms with Crippen molar-refractivity contribution < 1.29 is 9.50 Å². The zero-order valence-corrected chi connectivity index (χ0v) is 10.8. The number of aromatic nitrogens is 2. The van der Waals surface area contributed by atoms with Crippen molar-refractivity contribution in [1.29, 1.82) is 0 Å². The molecule has 19 heavy (non-hydrogen) atoms. The zero-order valence-electron chi connectivity index (χ0n) is 10.8. The second-order valence-corrected chi connectivity index (χ2v) is 5.02. The molecule has 1 aromatic carbocycles. The Morgan fingerprint density at radius 2 is 2.00 bits per heavy atom. The summed E-state index contributed by atoms with van der Waals surface area (Å²) in [6, 6.07) is 4.60. The molecule has 0 spiro atoms. The average molecular weight is 263 g/mol. The molecule has 2 aromatic rings. The Bertz CT molecular complexity index is 575. The maximum absolute atomic E-state index is 13.2. The van der Waals surface area contributed by atoms with Gasteiger partial charge in [-0.05, 0) is 38.1 Å². The molecule has 1 fully saturated rings. The largest absolute Gasteiger partial charge is 0.388 e. The van der Waals surface area contributed by atoms with Crippen molar-refractivity contribution in [3.05, 3.63) is 29.8 Å². The minimum Gasteiger partial charge on any atom is -0.388 e. The lowest BCUT2D eigenvalue weighted by Crippen LogP contribution is -2.24. The Hall–Kier alpha value is -1.46. The number of imidazole rings is 1. The smallest absolute Gasteiger partial charge is 0.135 e. The first-order valence-corrected chi connectivity index (χ1v) is 6.76. The molecule has 2 heterocycles. The summed E-state index contributed by atoms with van der Waals surface area (Å²) in [7, 11) is 0. The minimum atomic E-state index is -0.291. The van der Waals surface area contributed by atoms with Crippen LogP contribution in [0.5, 0.6) is 0 Å². The minimum absolute atomic E-state index is 0.115. The quantitative estimate of drug-likeness (QED) is 0.914. The van der Waals surface area contributed by atoms with E-state index < -0.39 is 0 Å². The van der Waals surface area contributed by atoms with E-state index in [1.807, 2.05) is 4.57 Å². The van der Waals surface area contributed by atoms with Gasteiger partial charge in [0.1, 0.15) is 18.2 Å². The monoisotopic (exact) mass is 263 g/mol. The molecule has 5 heteroatoms. The van der Waals surface area contributed by atoms with Crippen LogP contribution in [0, 0.1) is 5.82 Å². The molecule has 3 rings (SSSR count). The van der Waals surface area contributed by atoms with Crippen LogP contribution in [0.15, 0.2) is 18.2 Å². The fourth-order valence-corrected chi connectivity index (χ4v) is 2.77. The normalized spacial score (nSPS) is 16.5. The van der Waals surface area contributed by atoms with Gasteiger partial charge in [0.25, 0.3) is 0 Å². The second kappa shape index (κ2) is 5.27. The number of benzene rings is 1. The van der Waals surface area contributed by atoms with Crippen LogP contribution < -0.4 is 0 Å². The second-order valence-electron chi connectivity index (χ2n) is 5.02. The molecule has 1 aliphatic heterocycles. The van der Waals surface area contributed by atoms with Gasteiger partial charge in [0.2, 0.25) is 0 Å². The maximum atomic E-state index is 13.2. The molecule has 0 saturated carbocycles. The fraction of sp³-hybridized carbons (Fsp3) is 0.500. The molecule has 0 bridgehead atoms. The Kier molecular flexibility index (Phi) is 3.48. The van der Waals surface area contributed by atoms with Crippen LogP contribution >= 0.6 is 0 Å². The SMILES string of the molecule is OCc1nc2cc(F)ccc2n1CCN1CCCC1. The number of hydrogen-bond acceptors (Lipinski definition) is 3. The van der Waals surface area contributed by atoms with E-state index in [4.69, 9.17) is 0 Å². The van der Waals surface area contributed by atoms with Crippen LogP contribution in [-0.2, 0) is 13.2 Å². The Morgan fingerprint density at radius 3 is 2.74 bits per heavy atom. The highest BCUT2D eigenvalue weighted by atomic mass is 19.1. The van der Waals surface area contributed by atoms with E-state index in [1.165, 1.54) is 25.0 Å². The van der Waals surface area contributed by atoms with Crippen LogP contribution in [0.3, 0.4) is 0 Å². The van der Waals surface area contributed by atoms with Crippen molar-refractivity contribution in [2.75, 3.05) is 19.6 Å². The Morgan fingerprint density at radius 1 is 1.21 bits per heavy atom. The lowest BCUT2D eigenvalue weighted by atomic mass is 10.3. The fourth-order valence-electron chi connectivity index (χ4n) is 2.77. The summed E-state index contributed by atoms with van der Waals surface area (Å²) in [6.45, 7) is 3.93. The number of fused-ring (bicyclic) bond motifs is 1. The number of likely N-dealkylation sites (tertiary alicyclic amines) is 1. The van der Waals surface area contributed by atoms with Crippen molar-refractivity contribution in [2.24, 2.45) is 0 Å². The summed E-state index contributed by atoms with van der Waals surface area (Å²) < 4.78 is 15.2. The van der Waals surface area contributed by atoms with E-state index in [1.54, 1.807) is 6.07 Å². The predicted octanol–water partition coefficient (Wildman–Crippen LogP) is 1.76. The molecule has 102 valence electrons. The van der Waals surface area contributed by atoms with Gasteiger partial charge in [-0.15, -0.1) is 0 Å². The first-order valence-electron chi connectivity index (χ1n) is 6.76. The van der Waals surface area contributed by atoms with Gasteiger partial charge in [-0.1, -0.05) is 0 Å². The molecular weight excluding hydrogens is 245 g/mol. The van der Waals surface area contributed by atoms with Crippen LogP contribution in [0.4, 0.5) is 4.39 Å². The number of halogens is 1. The Balaban J connectivity index is 1.87. The number of nitrogens with zero attached hydrogens (tertiary/aromatic N) is 3. The van der Waals surface area contributed by atoms with Gasteiger partial charge in [-0.2, -0.15) is 0 Å². The highest BCUT2D eigenvalue weighted by molar-refractivity contribution is 5.76. The van der Waals surface area contributed by atoms with Crippen molar-refractivity contribution >= 4 is 11.0 Å². The van der Waals surface area contributed by atoms with E-state index in [-0.39, 0.29) is 12.4 Å². The van der Waals surface area contributed by atoms with Gasteiger partial charge in [-0.3, -0.25) is 0 Å². The van der Waals surface area contributed by atoms with Crippen molar-refractivity contribution in [1.82, 2.24) is 14.5 Å². The Labute approximate surface area is 111 Å². The maximum Gasteiger partial charge on any atom is 0.135 e. The third kappa shape index (κ3) is 2.48. The summed E-state index contributed by atoms with van der Waals surface area (Å²) in [6.07, 6.45) is 2.53. The lowest BCUT2D eigenvalue weighted by Gasteiger charge is -2.16. The summed E-state index contributed by atoms with van der Waals surface area (Å²) >= 11 is 0. The standard InChI is InChI=1S/C14H18FN3O/c15-11-3-4-13-12(9-11)16-14(10-19)18(13)8-7-17-5-1-2-6-17/h3-4,9,19H,1-2,5-8,10H2. The average Bonchev–Trinajstić information content (AvgIpc) is 3.02. The first kappa shape index (κ1) is 12.6. The van der Waals surface area contributed by atoms with E-state index in [2.05, 4.69) is 9.88 Å². The molecule has 4 nitrogen and oxygen atoms in total. The van der Waals surface area contributed by atoms with E-state index in [0.717, 1.165) is 31.7 Å². The highest BCUT2D eigenvalue weighted by Gasteiger charge is 2.14. The topological polar surface area (TPSA) is 41.3 Å². The predicted molar refractivity (Wildman–Crippen MR) is 71.3 cm³/mol. The number of rotatable bonds is 4. The first-order chi connectivity index (χ1) is 9.28. The van der Waals surface area contributed by atoms with Crippen molar-refractivity contribution in [3.63, 3.8) is 0 Å². The summed E-state index contributed by atoms with van der Waals surface area (Å²) in [4.78, 5) is 6.70. The zero-order chi connectivity index (χ0) is 13.2. The van der Waals surface area contributed by atoms with Gasteiger partial charge in [0, 0.05) is 19.2 Å². The van der Waals surface area contributed by atoms with Gasteiger partial charge < -0.3 is 14.6 Å². The third-order valence-corrected chi connectivity index (χ3v) is 3.77. The lowest BCUT2D eigenvalue weighted by molar-refractivity contribution is 0.260. The highest BCUT2D eigenvalue weighted by Crippen LogP contribution is 2.18. The molecule has 0 aliphatic carbocycles. The van der Waals surface area contributed by atoms with Gasteiger partial charge in [0.05, 0.1) is 11.0 Å². The molecule has 1 aromatic heterocycles. The molecule has 0 amide bonds. The van der Waals surface area contributed by atoms with Crippen LogP contribution in [0.25, 0.3) is 11.0 Å². The third-order valence-electron chi connectivity index (χ3n) is 3.77. The van der Waals surface area contributed by atoms with Crippen LogP contribution in [0.1, 0.15) is 18.7 Å². The molecule has 0 unspecified atom stereocenters. The summed E-state index contributed by atoms with van der Waals surface area (Å²) in [5.74, 6) is 0.320. The van der Waals surface area contributed by atoms with Gasteiger partial charge in [-0.25, -0.2) is 9.37 Å². The van der Waals surface area contributed by atoms with E-state index in [0.29, 0.717) is 11.3 Å². The molecule has 0 atom stereocenters. The van der Waals surface area contributed by atoms with Crippen molar-refractivity contribution in [2.45, 2.75) is 26.0 Å². The van der Waals surface area contributed by atoms with Crippen LogP contribution in [-0.4, -0.2) is 39.2 Å². The van der Waals surface area contributed by atoms with Crippen molar-refractivity contribution in [3.8, 4) is 0 Å². The molecule has 1 N–H and O–H groups in total.